The number of halogens is 3. The molecule has 0 atom stereocenters. The van der Waals surface area contributed by atoms with E-state index in [-0.39, 0.29) is 5.69 Å². The highest BCUT2D eigenvalue weighted by atomic mass is 19.4. The number of hydrazine groups is 1. The number of anilines is 1. The third kappa shape index (κ3) is 3.31. The summed E-state index contributed by atoms with van der Waals surface area (Å²) >= 11 is 0. The van der Waals surface area contributed by atoms with Crippen molar-refractivity contribution >= 4 is 11.7 Å². The number of ether oxygens (including phenoxy) is 1. The summed E-state index contributed by atoms with van der Waals surface area (Å²) in [7, 11) is 0. The van der Waals surface area contributed by atoms with Crippen molar-refractivity contribution in [3.8, 4) is 5.75 Å². The van der Waals surface area contributed by atoms with Crippen molar-refractivity contribution in [3.63, 3.8) is 0 Å². The lowest BCUT2D eigenvalue weighted by molar-refractivity contribution is -0.274. The SMILES string of the molecule is NC(=O)N(N)c1ccc(OC(F)(F)F)cc1. The number of carbonyl (C=O) groups is 1. The molecule has 5 nitrogen and oxygen atoms in total. The molecule has 2 amide bonds. The Morgan fingerprint density at radius 2 is 1.75 bits per heavy atom. The molecular weight excluding hydrogens is 227 g/mol. The molecule has 0 saturated heterocycles. The maximum atomic E-state index is 11.8. The molecule has 0 aromatic heterocycles. The first kappa shape index (κ1) is 12.1. The zero-order chi connectivity index (χ0) is 12.3. The first-order valence-electron chi connectivity index (χ1n) is 3.99. The van der Waals surface area contributed by atoms with Crippen molar-refractivity contribution in [2.45, 2.75) is 6.36 Å². The minimum atomic E-state index is -4.76. The number of alkyl halides is 3. The number of rotatable bonds is 2. The summed E-state index contributed by atoms with van der Waals surface area (Å²) in [5.74, 6) is 4.80. The molecule has 1 aromatic carbocycles. The molecule has 0 heterocycles. The molecule has 0 unspecified atom stereocenters. The van der Waals surface area contributed by atoms with Gasteiger partial charge in [0.05, 0.1) is 5.69 Å². The number of hydrogen-bond donors (Lipinski definition) is 2. The fraction of sp³-hybridized carbons (Fsp3) is 0.125. The maximum Gasteiger partial charge on any atom is 0.573 e. The third-order valence-electron chi connectivity index (χ3n) is 1.59. The molecule has 0 bridgehead atoms. The van der Waals surface area contributed by atoms with E-state index in [0.29, 0.717) is 5.01 Å². The Labute approximate surface area is 88.3 Å². The molecule has 1 aromatic rings. The van der Waals surface area contributed by atoms with Crippen LogP contribution in [0.3, 0.4) is 0 Å². The Hall–Kier alpha value is -1.96. The molecule has 0 fully saturated rings. The van der Waals surface area contributed by atoms with E-state index in [2.05, 4.69) is 4.74 Å². The summed E-state index contributed by atoms with van der Waals surface area (Å²) in [4.78, 5) is 10.6. The van der Waals surface area contributed by atoms with Gasteiger partial charge in [-0.2, -0.15) is 0 Å². The topological polar surface area (TPSA) is 81.6 Å². The van der Waals surface area contributed by atoms with Gasteiger partial charge in [-0.1, -0.05) is 0 Å². The van der Waals surface area contributed by atoms with Crippen LogP contribution in [0.25, 0.3) is 0 Å². The van der Waals surface area contributed by atoms with Crippen molar-refractivity contribution in [2.24, 2.45) is 11.6 Å². The van der Waals surface area contributed by atoms with Crippen molar-refractivity contribution in [1.82, 2.24) is 0 Å². The standard InChI is InChI=1S/C8H8F3N3O2/c9-8(10,11)16-6-3-1-5(2-4-6)14(13)7(12)15/h1-4H,13H2,(H2,12,15). The first-order valence-corrected chi connectivity index (χ1v) is 3.99. The van der Waals surface area contributed by atoms with Crippen LogP contribution in [0.5, 0.6) is 5.75 Å². The average molecular weight is 235 g/mol. The second kappa shape index (κ2) is 4.27. The fourth-order valence-electron chi connectivity index (χ4n) is 0.936. The minimum Gasteiger partial charge on any atom is -0.406 e. The van der Waals surface area contributed by atoms with E-state index in [1.165, 1.54) is 12.1 Å². The molecule has 0 spiro atoms. The van der Waals surface area contributed by atoms with Crippen LogP contribution < -0.4 is 21.3 Å². The van der Waals surface area contributed by atoms with Gasteiger partial charge in [0.15, 0.2) is 0 Å². The number of benzene rings is 1. The molecule has 4 N–H and O–H groups in total. The Morgan fingerprint density at radius 1 is 1.25 bits per heavy atom. The Bertz CT molecular complexity index is 377. The molecule has 0 aliphatic heterocycles. The summed E-state index contributed by atoms with van der Waals surface area (Å²) in [5.41, 5.74) is 5.01. The van der Waals surface area contributed by atoms with Crippen LogP contribution in [-0.4, -0.2) is 12.4 Å². The van der Waals surface area contributed by atoms with Gasteiger partial charge in [0.1, 0.15) is 5.75 Å². The lowest BCUT2D eigenvalue weighted by Gasteiger charge is -2.14. The highest BCUT2D eigenvalue weighted by Gasteiger charge is 2.31. The smallest absolute Gasteiger partial charge is 0.406 e. The lowest BCUT2D eigenvalue weighted by atomic mass is 10.3. The van der Waals surface area contributed by atoms with Crippen molar-refractivity contribution in [3.05, 3.63) is 24.3 Å². The van der Waals surface area contributed by atoms with Crippen LogP contribution in [0.4, 0.5) is 23.7 Å². The summed E-state index contributed by atoms with van der Waals surface area (Å²) in [6.45, 7) is 0. The zero-order valence-corrected chi connectivity index (χ0v) is 7.86. The molecule has 1 rings (SSSR count). The van der Waals surface area contributed by atoms with E-state index in [1.807, 2.05) is 0 Å². The van der Waals surface area contributed by atoms with E-state index in [0.717, 1.165) is 12.1 Å². The number of urea groups is 1. The van der Waals surface area contributed by atoms with Gasteiger partial charge in [-0.05, 0) is 24.3 Å². The van der Waals surface area contributed by atoms with E-state index >= 15 is 0 Å². The zero-order valence-electron chi connectivity index (χ0n) is 7.86. The number of primary amides is 1. The van der Waals surface area contributed by atoms with Gasteiger partial charge in [0.2, 0.25) is 0 Å². The van der Waals surface area contributed by atoms with Gasteiger partial charge in [0.25, 0.3) is 0 Å². The Morgan fingerprint density at radius 3 is 2.12 bits per heavy atom. The minimum absolute atomic E-state index is 0.155. The van der Waals surface area contributed by atoms with E-state index < -0.39 is 18.1 Å². The summed E-state index contributed by atoms with van der Waals surface area (Å²) in [5, 5.41) is 0.595. The van der Waals surface area contributed by atoms with E-state index in [1.54, 1.807) is 0 Å². The molecule has 16 heavy (non-hydrogen) atoms. The van der Waals surface area contributed by atoms with E-state index in [4.69, 9.17) is 11.6 Å². The number of amides is 2. The average Bonchev–Trinajstić information content (AvgIpc) is 2.15. The van der Waals surface area contributed by atoms with Gasteiger partial charge in [-0.15, -0.1) is 13.2 Å². The van der Waals surface area contributed by atoms with Crippen molar-refractivity contribution in [2.75, 3.05) is 5.01 Å². The van der Waals surface area contributed by atoms with Gasteiger partial charge < -0.3 is 10.5 Å². The largest absolute Gasteiger partial charge is 0.573 e. The maximum absolute atomic E-state index is 11.8. The second-order valence-corrected chi connectivity index (χ2v) is 2.75. The van der Waals surface area contributed by atoms with Gasteiger partial charge in [0, 0.05) is 0 Å². The Kier molecular flexibility index (Phi) is 3.23. The quantitative estimate of drug-likeness (QED) is 0.461. The summed E-state index contributed by atoms with van der Waals surface area (Å²) in [6, 6.07) is 3.46. The molecule has 0 aliphatic rings. The fourth-order valence-corrected chi connectivity index (χ4v) is 0.936. The molecule has 0 radical (unpaired) electrons. The molecule has 0 saturated carbocycles. The number of carbonyl (C=O) groups excluding carboxylic acids is 1. The predicted molar refractivity (Wildman–Crippen MR) is 49.4 cm³/mol. The van der Waals surface area contributed by atoms with E-state index in [9.17, 15) is 18.0 Å². The van der Waals surface area contributed by atoms with Gasteiger partial charge >= 0.3 is 12.4 Å². The van der Waals surface area contributed by atoms with Gasteiger partial charge in [-0.3, -0.25) is 0 Å². The second-order valence-electron chi connectivity index (χ2n) is 2.75. The highest BCUT2D eigenvalue weighted by Crippen LogP contribution is 2.24. The summed E-state index contributed by atoms with van der Waals surface area (Å²) < 4.78 is 39.0. The first-order chi connectivity index (χ1) is 7.29. The molecule has 88 valence electrons. The lowest BCUT2D eigenvalue weighted by Crippen LogP contribution is -2.41. The van der Waals surface area contributed by atoms with Crippen LogP contribution in [0.1, 0.15) is 0 Å². The van der Waals surface area contributed by atoms with Crippen LogP contribution in [-0.2, 0) is 0 Å². The number of hydrogen-bond acceptors (Lipinski definition) is 3. The Balaban J connectivity index is 2.79. The van der Waals surface area contributed by atoms with Crippen LogP contribution in [0.2, 0.25) is 0 Å². The van der Waals surface area contributed by atoms with Gasteiger partial charge in [-0.25, -0.2) is 15.6 Å². The predicted octanol–water partition coefficient (Wildman–Crippen LogP) is 1.34. The van der Waals surface area contributed by atoms with Crippen LogP contribution in [0.15, 0.2) is 24.3 Å². The monoisotopic (exact) mass is 235 g/mol. The highest BCUT2D eigenvalue weighted by molar-refractivity contribution is 5.89. The van der Waals surface area contributed by atoms with Crippen molar-refractivity contribution in [1.29, 1.82) is 0 Å². The summed E-state index contributed by atoms with van der Waals surface area (Å²) in [6.07, 6.45) is -4.76. The normalized spacial score (nSPS) is 11.0. The number of nitrogens with zero attached hydrogens (tertiary/aromatic N) is 1. The van der Waals surface area contributed by atoms with Crippen LogP contribution >= 0.6 is 0 Å². The third-order valence-corrected chi connectivity index (χ3v) is 1.59. The van der Waals surface area contributed by atoms with Crippen LogP contribution in [0, 0.1) is 0 Å². The number of nitrogens with two attached hydrogens (primary N) is 2. The molecule has 8 heteroatoms. The van der Waals surface area contributed by atoms with Crippen molar-refractivity contribution < 1.29 is 22.7 Å². The molecular formula is C8H8F3N3O2. The molecule has 0 aliphatic carbocycles.